The fourth-order valence-electron chi connectivity index (χ4n) is 2.79. The lowest BCUT2D eigenvalue weighted by molar-refractivity contribution is -0.152. The first-order valence-electron chi connectivity index (χ1n) is 8.03. The number of amides is 1. The summed E-state index contributed by atoms with van der Waals surface area (Å²) in [4.78, 5) is 17.2. The van der Waals surface area contributed by atoms with Crippen LogP contribution in [0.1, 0.15) is 18.9 Å². The molecule has 0 aliphatic carbocycles. The van der Waals surface area contributed by atoms with E-state index in [1.165, 1.54) is 0 Å². The number of piperidine rings is 1. The lowest BCUT2D eigenvalue weighted by Gasteiger charge is -2.35. The summed E-state index contributed by atoms with van der Waals surface area (Å²) in [5.41, 5.74) is -1.28. The summed E-state index contributed by atoms with van der Waals surface area (Å²) >= 11 is 0. The molecular formula is C16H20F5N3O2. The third-order valence-electron chi connectivity index (χ3n) is 4.22. The lowest BCUT2D eigenvalue weighted by Crippen LogP contribution is -2.54. The highest BCUT2D eigenvalue weighted by Gasteiger charge is 2.43. The number of alkyl halides is 5. The summed E-state index contributed by atoms with van der Waals surface area (Å²) in [7, 11) is 1.89. The second kappa shape index (κ2) is 7.73. The third-order valence-corrected chi connectivity index (χ3v) is 4.22. The first-order chi connectivity index (χ1) is 12.0. The standard InChI is InChI=1S/C16H20F5N3O2/c1-10-8-24(2)7-5-12(10)23-14(25)15(17,18)9-26-13-11(16(19,20)21)4-3-6-22-13/h3-4,6,10,12H,5,7-9H2,1-2H3,(H,23,25). The minimum Gasteiger partial charge on any atom is -0.470 e. The number of carbonyl (C=O) groups excluding carboxylic acids is 1. The Morgan fingerprint density at radius 1 is 1.38 bits per heavy atom. The number of halogens is 5. The number of ether oxygens (including phenoxy) is 1. The van der Waals surface area contributed by atoms with Crippen LogP contribution in [-0.2, 0) is 11.0 Å². The minimum atomic E-state index is -4.80. The van der Waals surface area contributed by atoms with Crippen LogP contribution < -0.4 is 10.1 Å². The maximum atomic E-state index is 14.0. The quantitative estimate of drug-likeness (QED) is 0.797. The number of nitrogens with one attached hydrogen (secondary N) is 1. The number of hydrogen-bond acceptors (Lipinski definition) is 4. The van der Waals surface area contributed by atoms with Gasteiger partial charge in [-0.2, -0.15) is 22.0 Å². The number of nitrogens with zero attached hydrogens (tertiary/aromatic N) is 2. The van der Waals surface area contributed by atoms with Crippen LogP contribution in [0.25, 0.3) is 0 Å². The van der Waals surface area contributed by atoms with Crippen molar-refractivity contribution in [1.82, 2.24) is 15.2 Å². The Balaban J connectivity index is 1.99. The van der Waals surface area contributed by atoms with E-state index in [1.807, 2.05) is 18.9 Å². The van der Waals surface area contributed by atoms with Gasteiger partial charge in [-0.25, -0.2) is 4.98 Å². The maximum Gasteiger partial charge on any atom is 0.421 e. The van der Waals surface area contributed by atoms with E-state index in [2.05, 4.69) is 15.0 Å². The topological polar surface area (TPSA) is 54.5 Å². The van der Waals surface area contributed by atoms with Gasteiger partial charge in [0.1, 0.15) is 5.56 Å². The Kier molecular flexibility index (Phi) is 6.05. The number of pyridine rings is 1. The molecule has 1 aromatic heterocycles. The van der Waals surface area contributed by atoms with E-state index in [4.69, 9.17) is 0 Å². The van der Waals surface area contributed by atoms with Crippen LogP contribution in [0, 0.1) is 5.92 Å². The van der Waals surface area contributed by atoms with Crippen LogP contribution >= 0.6 is 0 Å². The Labute approximate surface area is 147 Å². The molecule has 0 aromatic carbocycles. The molecule has 1 N–H and O–H groups in total. The van der Waals surface area contributed by atoms with Gasteiger partial charge in [-0.3, -0.25) is 4.79 Å². The molecular weight excluding hydrogens is 361 g/mol. The van der Waals surface area contributed by atoms with Gasteiger partial charge in [-0.1, -0.05) is 6.92 Å². The van der Waals surface area contributed by atoms with Crippen LogP contribution in [0.2, 0.25) is 0 Å². The van der Waals surface area contributed by atoms with Gasteiger partial charge in [-0.05, 0) is 38.1 Å². The molecule has 1 saturated heterocycles. The summed E-state index contributed by atoms with van der Waals surface area (Å²) < 4.78 is 71.1. The van der Waals surface area contributed by atoms with Crippen LogP contribution in [-0.4, -0.2) is 54.5 Å². The molecule has 1 fully saturated rings. The highest BCUT2D eigenvalue weighted by Crippen LogP contribution is 2.35. The van der Waals surface area contributed by atoms with Gasteiger partial charge in [-0.15, -0.1) is 0 Å². The van der Waals surface area contributed by atoms with Crippen molar-refractivity contribution in [3.8, 4) is 5.88 Å². The molecule has 1 aliphatic heterocycles. The molecule has 0 saturated carbocycles. The summed E-state index contributed by atoms with van der Waals surface area (Å²) in [5, 5.41) is 2.27. The summed E-state index contributed by atoms with van der Waals surface area (Å²) in [5.74, 6) is -6.56. The molecule has 2 unspecified atom stereocenters. The minimum absolute atomic E-state index is 0.0259. The molecule has 0 bridgehead atoms. The van der Waals surface area contributed by atoms with Gasteiger partial charge in [0.05, 0.1) is 0 Å². The number of hydrogen-bond donors (Lipinski definition) is 1. The fraction of sp³-hybridized carbons (Fsp3) is 0.625. The Hall–Kier alpha value is -1.97. The van der Waals surface area contributed by atoms with Crippen molar-refractivity contribution in [1.29, 1.82) is 0 Å². The van der Waals surface area contributed by atoms with Crippen LogP contribution in [0.3, 0.4) is 0 Å². The van der Waals surface area contributed by atoms with Crippen LogP contribution in [0.5, 0.6) is 5.88 Å². The second-order valence-electron chi connectivity index (χ2n) is 6.46. The fourth-order valence-corrected chi connectivity index (χ4v) is 2.79. The number of rotatable bonds is 5. The van der Waals surface area contributed by atoms with Crippen molar-refractivity contribution in [2.75, 3.05) is 26.7 Å². The van der Waals surface area contributed by atoms with Crippen molar-refractivity contribution in [2.24, 2.45) is 5.92 Å². The van der Waals surface area contributed by atoms with E-state index in [0.717, 1.165) is 12.3 Å². The maximum absolute atomic E-state index is 14.0. The molecule has 26 heavy (non-hydrogen) atoms. The van der Waals surface area contributed by atoms with Crippen LogP contribution in [0.15, 0.2) is 18.3 Å². The summed E-state index contributed by atoms with van der Waals surface area (Å²) in [6.07, 6.45) is -3.30. The molecule has 146 valence electrons. The monoisotopic (exact) mass is 381 g/mol. The molecule has 1 aliphatic rings. The zero-order valence-electron chi connectivity index (χ0n) is 14.3. The third kappa shape index (κ3) is 5.03. The molecule has 2 atom stereocenters. The smallest absolute Gasteiger partial charge is 0.421 e. The zero-order chi connectivity index (χ0) is 19.5. The Morgan fingerprint density at radius 2 is 2.08 bits per heavy atom. The van der Waals surface area contributed by atoms with Crippen molar-refractivity contribution in [3.63, 3.8) is 0 Å². The van der Waals surface area contributed by atoms with Crippen molar-refractivity contribution < 1.29 is 31.5 Å². The molecule has 2 rings (SSSR count). The first-order valence-corrected chi connectivity index (χ1v) is 8.03. The van der Waals surface area contributed by atoms with Crippen LogP contribution in [0.4, 0.5) is 22.0 Å². The predicted octanol–water partition coefficient (Wildman–Crippen LogP) is 2.57. The largest absolute Gasteiger partial charge is 0.470 e. The highest BCUT2D eigenvalue weighted by atomic mass is 19.4. The van der Waals surface area contributed by atoms with Gasteiger partial charge in [0.2, 0.25) is 5.88 Å². The van der Waals surface area contributed by atoms with Gasteiger partial charge in [0, 0.05) is 18.8 Å². The van der Waals surface area contributed by atoms with Gasteiger partial charge in [0.15, 0.2) is 6.61 Å². The van der Waals surface area contributed by atoms with Gasteiger partial charge >= 0.3 is 12.1 Å². The number of likely N-dealkylation sites (tertiary alicyclic amines) is 1. The number of aromatic nitrogens is 1. The van der Waals surface area contributed by atoms with Crippen molar-refractivity contribution in [2.45, 2.75) is 31.5 Å². The molecule has 0 radical (unpaired) electrons. The Bertz CT molecular complexity index is 639. The van der Waals surface area contributed by atoms with E-state index in [0.29, 0.717) is 25.6 Å². The Morgan fingerprint density at radius 3 is 2.69 bits per heavy atom. The molecule has 2 heterocycles. The molecule has 5 nitrogen and oxygen atoms in total. The van der Waals surface area contributed by atoms with Gasteiger partial charge in [0.25, 0.3) is 5.91 Å². The summed E-state index contributed by atoms with van der Waals surface area (Å²) in [6, 6.07) is 1.26. The average molecular weight is 381 g/mol. The molecule has 0 spiro atoms. The van der Waals surface area contributed by atoms with E-state index >= 15 is 0 Å². The normalized spacial score (nSPS) is 22.1. The number of carbonyl (C=O) groups is 1. The lowest BCUT2D eigenvalue weighted by atomic mass is 9.94. The molecule has 1 aromatic rings. The van der Waals surface area contributed by atoms with Gasteiger partial charge < -0.3 is 15.0 Å². The molecule has 10 heteroatoms. The predicted molar refractivity (Wildman–Crippen MR) is 82.9 cm³/mol. The highest BCUT2D eigenvalue weighted by molar-refractivity contribution is 5.83. The summed E-state index contributed by atoms with van der Waals surface area (Å²) in [6.45, 7) is 1.61. The van der Waals surface area contributed by atoms with Crippen molar-refractivity contribution >= 4 is 5.91 Å². The second-order valence-corrected chi connectivity index (χ2v) is 6.46. The zero-order valence-corrected chi connectivity index (χ0v) is 14.3. The first kappa shape index (κ1) is 20.3. The van der Waals surface area contributed by atoms with E-state index in [-0.39, 0.29) is 5.92 Å². The average Bonchev–Trinajstić information content (AvgIpc) is 2.55. The van der Waals surface area contributed by atoms with E-state index in [9.17, 15) is 26.7 Å². The SMILES string of the molecule is CC1CN(C)CCC1NC(=O)C(F)(F)COc1ncccc1C(F)(F)F. The molecule has 1 amide bonds. The van der Waals surface area contributed by atoms with Crippen molar-refractivity contribution in [3.05, 3.63) is 23.9 Å². The van der Waals surface area contributed by atoms with E-state index in [1.54, 1.807) is 0 Å². The van der Waals surface area contributed by atoms with E-state index < -0.39 is 42.1 Å².